The molecule has 11 nitrogen and oxygen atoms in total. The number of aromatic nitrogens is 2. The Labute approximate surface area is 228 Å². The number of amides is 1. The molecule has 0 radical (unpaired) electrons. The van der Waals surface area contributed by atoms with Gasteiger partial charge >= 0.3 is 0 Å². The Morgan fingerprint density at radius 1 is 1.13 bits per heavy atom. The van der Waals surface area contributed by atoms with Crippen molar-refractivity contribution in [2.24, 2.45) is 17.8 Å². The predicted molar refractivity (Wildman–Crippen MR) is 147 cm³/mol. The van der Waals surface area contributed by atoms with Crippen molar-refractivity contribution in [1.29, 1.82) is 0 Å². The summed E-state index contributed by atoms with van der Waals surface area (Å²) in [6.45, 7) is 2.76. The van der Waals surface area contributed by atoms with Gasteiger partial charge in [0.05, 0.1) is 30.2 Å². The van der Waals surface area contributed by atoms with Gasteiger partial charge in [0.1, 0.15) is 23.2 Å². The van der Waals surface area contributed by atoms with Crippen LogP contribution in [-0.2, 0) is 20.0 Å². The number of hydrogen-bond donors (Lipinski definition) is 4. The molecule has 4 fully saturated rings. The zero-order valence-corrected chi connectivity index (χ0v) is 23.1. The standard InChI is InChI=1S/C27H35N7O4S/c1-15-28-23(13-24(29-15)34-7-9-39(36,37)10-8-34)31-25-18-5-3-16(11-22(18)32-33-25)20-14-27(20)19-12-17(38-2)4-6-21(19)30-26(27)35/h4,6,12-13,16,18,20,22,25,32-33H,3,5,7-11,14H2,1-2H3,(H,30,35)(H,28,29,31)/t16?,18?,20-,22?,25?,27-/m0/s1. The lowest BCUT2D eigenvalue weighted by atomic mass is 9.74. The quantitative estimate of drug-likeness (QED) is 0.432. The number of fused-ring (bicyclic) bond motifs is 3. The Morgan fingerprint density at radius 2 is 1.95 bits per heavy atom. The van der Waals surface area contributed by atoms with Crippen LogP contribution >= 0.6 is 0 Å². The summed E-state index contributed by atoms with van der Waals surface area (Å²) in [5, 5.41) is 6.68. The van der Waals surface area contributed by atoms with E-state index < -0.39 is 15.3 Å². The highest BCUT2D eigenvalue weighted by Crippen LogP contribution is 2.65. The molecule has 2 aromatic rings. The van der Waals surface area contributed by atoms with E-state index in [2.05, 4.69) is 31.5 Å². The molecule has 0 bridgehead atoms. The molecule has 39 heavy (non-hydrogen) atoms. The molecule has 208 valence electrons. The summed E-state index contributed by atoms with van der Waals surface area (Å²) in [6, 6.07) is 8.13. The fourth-order valence-corrected chi connectivity index (χ4v) is 8.61. The topological polar surface area (TPSA) is 138 Å². The molecule has 5 aliphatic rings. The van der Waals surface area contributed by atoms with E-state index in [1.54, 1.807) is 7.11 Å². The third-order valence-electron chi connectivity index (χ3n) is 9.54. The lowest BCUT2D eigenvalue weighted by Crippen LogP contribution is -2.41. The average Bonchev–Trinajstić information content (AvgIpc) is 3.47. The number of nitrogens with one attached hydrogen (secondary N) is 4. The minimum absolute atomic E-state index is 0.0211. The van der Waals surface area contributed by atoms with E-state index in [1.807, 2.05) is 36.1 Å². The number of hydrogen-bond acceptors (Lipinski definition) is 10. The Kier molecular flexibility index (Phi) is 5.80. The maximum Gasteiger partial charge on any atom is 0.235 e. The summed E-state index contributed by atoms with van der Waals surface area (Å²) in [7, 11) is -1.29. The third-order valence-corrected chi connectivity index (χ3v) is 11.1. The van der Waals surface area contributed by atoms with Gasteiger partial charge in [-0.05, 0) is 68.2 Å². The molecule has 1 spiro atoms. The molecule has 2 saturated heterocycles. The molecule has 6 atom stereocenters. The number of sulfone groups is 1. The second-order valence-corrected chi connectivity index (χ2v) is 14.0. The number of benzene rings is 1. The molecule has 1 amide bonds. The van der Waals surface area contributed by atoms with Crippen molar-refractivity contribution in [3.8, 4) is 5.75 Å². The molecular weight excluding hydrogens is 518 g/mol. The summed E-state index contributed by atoms with van der Waals surface area (Å²) >= 11 is 0. The first-order chi connectivity index (χ1) is 18.8. The summed E-state index contributed by atoms with van der Waals surface area (Å²) in [4.78, 5) is 24.3. The Bertz CT molecular complexity index is 1420. The molecule has 1 aromatic heterocycles. The monoisotopic (exact) mass is 553 g/mol. The molecule has 1 aromatic carbocycles. The Balaban J connectivity index is 1.02. The molecule has 7 rings (SSSR count). The molecule has 2 aliphatic carbocycles. The van der Waals surface area contributed by atoms with E-state index in [0.717, 1.165) is 54.3 Å². The molecule has 3 aliphatic heterocycles. The minimum Gasteiger partial charge on any atom is -0.497 e. The second kappa shape index (κ2) is 9.03. The van der Waals surface area contributed by atoms with Crippen molar-refractivity contribution >= 4 is 33.1 Å². The Morgan fingerprint density at radius 3 is 2.74 bits per heavy atom. The minimum atomic E-state index is -2.96. The van der Waals surface area contributed by atoms with E-state index in [4.69, 9.17) is 4.74 Å². The highest BCUT2D eigenvalue weighted by atomic mass is 32.2. The molecule has 4 N–H and O–H groups in total. The van der Waals surface area contributed by atoms with Crippen molar-refractivity contribution in [3.63, 3.8) is 0 Å². The lowest BCUT2D eigenvalue weighted by molar-refractivity contribution is -0.118. The highest BCUT2D eigenvalue weighted by molar-refractivity contribution is 7.91. The van der Waals surface area contributed by atoms with Gasteiger partial charge in [-0.2, -0.15) is 0 Å². The fourth-order valence-electron chi connectivity index (χ4n) is 7.40. The second-order valence-electron chi connectivity index (χ2n) is 11.7. The van der Waals surface area contributed by atoms with Gasteiger partial charge in [0.2, 0.25) is 5.91 Å². The summed E-state index contributed by atoms with van der Waals surface area (Å²) in [6.07, 6.45) is 4.07. The van der Waals surface area contributed by atoms with Gasteiger partial charge in [0, 0.05) is 36.8 Å². The molecular formula is C27H35N7O4S. The van der Waals surface area contributed by atoms with Crippen LogP contribution < -0.4 is 31.1 Å². The summed E-state index contributed by atoms with van der Waals surface area (Å²) in [5.41, 5.74) is 8.57. The van der Waals surface area contributed by atoms with Gasteiger partial charge in [-0.3, -0.25) is 10.2 Å². The van der Waals surface area contributed by atoms with Gasteiger partial charge in [-0.25, -0.2) is 23.8 Å². The van der Waals surface area contributed by atoms with Crippen LogP contribution in [-0.4, -0.2) is 68.2 Å². The summed E-state index contributed by atoms with van der Waals surface area (Å²) < 4.78 is 29.2. The zero-order chi connectivity index (χ0) is 26.9. The van der Waals surface area contributed by atoms with Crippen LogP contribution in [0.5, 0.6) is 5.75 Å². The molecule has 2 saturated carbocycles. The van der Waals surface area contributed by atoms with Gasteiger partial charge in [0.15, 0.2) is 9.84 Å². The number of hydrazine groups is 1. The van der Waals surface area contributed by atoms with E-state index in [1.165, 1.54) is 0 Å². The predicted octanol–water partition coefficient (Wildman–Crippen LogP) is 1.57. The van der Waals surface area contributed by atoms with Crippen LogP contribution in [0.1, 0.15) is 37.1 Å². The van der Waals surface area contributed by atoms with E-state index in [0.29, 0.717) is 42.7 Å². The van der Waals surface area contributed by atoms with Gasteiger partial charge in [-0.1, -0.05) is 0 Å². The number of aryl methyl sites for hydroxylation is 1. The average molecular weight is 554 g/mol. The fraction of sp³-hybridized carbons (Fsp3) is 0.593. The first kappa shape index (κ1) is 25.0. The number of anilines is 3. The van der Waals surface area contributed by atoms with Crippen LogP contribution in [0.3, 0.4) is 0 Å². The van der Waals surface area contributed by atoms with E-state index in [9.17, 15) is 13.2 Å². The highest BCUT2D eigenvalue weighted by Gasteiger charge is 2.67. The van der Waals surface area contributed by atoms with E-state index in [-0.39, 0.29) is 23.6 Å². The maximum absolute atomic E-state index is 13.1. The number of ether oxygens (including phenoxy) is 1. The number of rotatable bonds is 5. The van der Waals surface area contributed by atoms with Crippen LogP contribution in [0.4, 0.5) is 17.3 Å². The van der Waals surface area contributed by atoms with E-state index >= 15 is 0 Å². The van der Waals surface area contributed by atoms with Gasteiger partial charge in [0.25, 0.3) is 0 Å². The Hall–Kier alpha value is -2.96. The first-order valence-electron chi connectivity index (χ1n) is 13.8. The third kappa shape index (κ3) is 4.23. The van der Waals surface area contributed by atoms with Crippen molar-refractivity contribution in [3.05, 3.63) is 35.7 Å². The van der Waals surface area contributed by atoms with Crippen molar-refractivity contribution in [2.75, 3.05) is 47.2 Å². The van der Waals surface area contributed by atoms with Crippen LogP contribution in [0, 0.1) is 24.7 Å². The summed E-state index contributed by atoms with van der Waals surface area (Å²) in [5.74, 6) is 4.60. The van der Waals surface area contributed by atoms with Gasteiger partial charge in [-0.15, -0.1) is 0 Å². The van der Waals surface area contributed by atoms with Crippen molar-refractivity contribution < 1.29 is 17.9 Å². The van der Waals surface area contributed by atoms with Crippen LogP contribution in [0.15, 0.2) is 24.3 Å². The number of methoxy groups -OCH3 is 1. The number of nitrogens with zero attached hydrogens (tertiary/aromatic N) is 3. The van der Waals surface area contributed by atoms with Crippen LogP contribution in [0.25, 0.3) is 0 Å². The SMILES string of the molecule is COc1ccc2c(c1)[C@]1(C[C@H]1C1CCC3C(C1)NNC3Nc1cc(N3CCS(=O)(=O)CC3)nc(C)n1)C(=O)N2. The molecule has 4 unspecified atom stereocenters. The largest absolute Gasteiger partial charge is 0.497 e. The maximum atomic E-state index is 13.1. The van der Waals surface area contributed by atoms with Crippen LogP contribution in [0.2, 0.25) is 0 Å². The zero-order valence-electron chi connectivity index (χ0n) is 22.2. The molecule has 4 heterocycles. The normalized spacial score (nSPS) is 34.4. The number of carbonyl (C=O) groups excluding carboxylic acids is 1. The van der Waals surface area contributed by atoms with Crippen molar-refractivity contribution in [2.45, 2.75) is 50.2 Å². The van der Waals surface area contributed by atoms with Gasteiger partial charge < -0.3 is 20.3 Å². The molecule has 12 heteroatoms. The lowest BCUT2D eigenvalue weighted by Gasteiger charge is -2.34. The smallest absolute Gasteiger partial charge is 0.235 e. The van der Waals surface area contributed by atoms with Crippen molar-refractivity contribution in [1.82, 2.24) is 20.8 Å². The number of carbonyl (C=O) groups is 1. The first-order valence-corrected chi connectivity index (χ1v) is 15.7.